The van der Waals surface area contributed by atoms with E-state index >= 15 is 0 Å². The number of carbonyl (C=O) groups excluding carboxylic acids is 1. The van der Waals surface area contributed by atoms with Gasteiger partial charge in [-0.2, -0.15) is 29.8 Å². The molecule has 1 aromatic heterocycles. The monoisotopic (exact) mass is 1110 g/mol. The first kappa shape index (κ1) is 61.1. The van der Waals surface area contributed by atoms with E-state index in [1.165, 1.54) is 36.4 Å². The normalized spacial score (nSPS) is 18.6. The van der Waals surface area contributed by atoms with Gasteiger partial charge in [-0.1, -0.05) is 0 Å². The van der Waals surface area contributed by atoms with Crippen LogP contribution in [-0.2, 0) is 74.4 Å². The number of benzene rings is 2. The lowest BCUT2D eigenvalue weighted by molar-refractivity contribution is -0.438. The first-order valence-electron chi connectivity index (χ1n) is 24.6. The molecule has 0 radical (unpaired) electrons. The minimum absolute atomic E-state index is 0.00746. The third-order valence-electron chi connectivity index (χ3n) is 13.1. The van der Waals surface area contributed by atoms with Crippen LogP contribution in [0.3, 0.4) is 0 Å². The maximum Gasteiger partial charge on any atom is 0.333 e. The lowest BCUT2D eigenvalue weighted by Gasteiger charge is -2.30. The topological polar surface area (TPSA) is 296 Å². The molecule has 2 atom stereocenters. The molecule has 5 rings (SSSR count). The molecule has 75 heavy (non-hydrogen) atoms. The van der Waals surface area contributed by atoms with Crippen LogP contribution < -0.4 is 9.74 Å². The van der Waals surface area contributed by atoms with Gasteiger partial charge in [-0.3, -0.25) is 13.7 Å². The molecule has 2 aromatic carbocycles. The minimum Gasteiger partial charge on any atom is -0.492 e. The van der Waals surface area contributed by atoms with E-state index in [9.17, 15) is 53.9 Å². The number of likely N-dealkylation sites (N-methyl/N-ethyl adjacent to an activating group) is 1. The van der Waals surface area contributed by atoms with Crippen molar-refractivity contribution in [3.8, 4) is 11.8 Å². The summed E-state index contributed by atoms with van der Waals surface area (Å²) < 4.78 is 140. The molecular formula is C50H72N3O19S3+. The lowest BCUT2D eigenvalue weighted by Crippen LogP contribution is -2.33. The molecule has 2 unspecified atom stereocenters. The van der Waals surface area contributed by atoms with Gasteiger partial charge >= 0.3 is 5.97 Å². The first-order chi connectivity index (χ1) is 35.4. The molecule has 0 amide bonds. The van der Waals surface area contributed by atoms with Crippen LogP contribution in [0.5, 0.6) is 11.8 Å². The first-order valence-corrected chi connectivity index (χ1v) is 29.1. The molecule has 0 fully saturated rings. The number of rotatable bonds is 34. The summed E-state index contributed by atoms with van der Waals surface area (Å²) >= 11 is 0. The summed E-state index contributed by atoms with van der Waals surface area (Å²) in [6.07, 6.45) is 5.75. The van der Waals surface area contributed by atoms with Gasteiger partial charge < -0.3 is 48.4 Å². The maximum atomic E-state index is 12.7. The fourth-order valence-corrected chi connectivity index (χ4v) is 10.8. The van der Waals surface area contributed by atoms with Gasteiger partial charge in [0, 0.05) is 79.7 Å². The molecule has 2 aliphatic rings. The minimum atomic E-state index is -4.65. The average molecular weight is 1120 g/mol. The highest BCUT2D eigenvalue weighted by molar-refractivity contribution is 7.86. The van der Waals surface area contributed by atoms with E-state index in [0.29, 0.717) is 130 Å². The molecule has 25 heteroatoms. The van der Waals surface area contributed by atoms with Crippen molar-refractivity contribution in [1.82, 2.24) is 4.73 Å². The molecule has 3 aromatic rings. The van der Waals surface area contributed by atoms with Crippen molar-refractivity contribution in [3.05, 3.63) is 83.1 Å². The predicted molar refractivity (Wildman–Crippen MR) is 276 cm³/mol. The van der Waals surface area contributed by atoms with E-state index in [1.807, 2.05) is 44.7 Å². The van der Waals surface area contributed by atoms with Gasteiger partial charge in [0.25, 0.3) is 30.4 Å². The molecule has 2 aliphatic heterocycles. The van der Waals surface area contributed by atoms with Crippen molar-refractivity contribution in [2.45, 2.75) is 93.3 Å². The van der Waals surface area contributed by atoms with Crippen LogP contribution in [-0.4, -0.2) is 169 Å². The summed E-state index contributed by atoms with van der Waals surface area (Å²) in [5.74, 6) is -2.12. The van der Waals surface area contributed by atoms with Gasteiger partial charge in [0.15, 0.2) is 5.71 Å². The SMILES string of the molecule is CCN1C(=CC(C)=CC2=[N+](CCCCCC(=O)On3c(O)ccc3O)c3ccc(S(=O)(=O)O)cc3C2(C)CCOCCOCCOCCOCCOCCOC)C(C)(CCCS(=O)(=O)O)c2cc(S(=O)(=O)O)ccc21. The second kappa shape index (κ2) is 27.5. The standard InChI is InChI=1S/C50H71N3O19S3/c1-6-51-42-14-12-38(74(60,61)62)35-40(42)49(3,18-10-32-73(57,58)59)44(51)33-37(2)34-45-50(4,19-21-67-24-25-69-28-29-71-31-30-70-27-26-68-23-22-66-5)41-36-39(75(63,64)65)13-15-43(41)52(45)20-9-7-8-11-48(56)72-53-46(54)16-17-47(53)55/h12-17,33-36H,6-11,18-32H2,1-5H3,(H4-,54,55,57,58,59,60,61,62,63,64,65)/p+1. The van der Waals surface area contributed by atoms with E-state index in [0.717, 1.165) is 5.71 Å². The molecule has 0 saturated heterocycles. The molecule has 22 nitrogen and oxygen atoms in total. The Labute approximate surface area is 439 Å². The van der Waals surface area contributed by atoms with E-state index in [-0.39, 0.29) is 48.9 Å². The molecule has 5 N–H and O–H groups in total. The van der Waals surface area contributed by atoms with Crippen molar-refractivity contribution < 1.29 is 91.8 Å². The third kappa shape index (κ3) is 16.9. The Morgan fingerprint density at radius 2 is 1.20 bits per heavy atom. The van der Waals surface area contributed by atoms with Crippen molar-refractivity contribution in [1.29, 1.82) is 0 Å². The number of ether oxygens (including phenoxy) is 6. The number of hydrogen-bond donors (Lipinski definition) is 5. The van der Waals surface area contributed by atoms with Crippen LogP contribution in [0.4, 0.5) is 11.4 Å². The van der Waals surface area contributed by atoms with Crippen molar-refractivity contribution in [2.24, 2.45) is 0 Å². The second-order valence-corrected chi connectivity index (χ2v) is 22.9. The zero-order valence-corrected chi connectivity index (χ0v) is 45.6. The Kier molecular flexibility index (Phi) is 22.4. The number of methoxy groups -OCH3 is 1. The Morgan fingerprint density at radius 3 is 1.73 bits per heavy atom. The quantitative estimate of drug-likeness (QED) is 0.0285. The number of nitrogens with zero attached hydrogens (tertiary/aromatic N) is 3. The lowest BCUT2D eigenvalue weighted by atomic mass is 9.75. The van der Waals surface area contributed by atoms with Crippen molar-refractivity contribution in [3.63, 3.8) is 0 Å². The van der Waals surface area contributed by atoms with Gasteiger partial charge in [0.05, 0.1) is 87.0 Å². The van der Waals surface area contributed by atoms with E-state index in [1.54, 1.807) is 19.2 Å². The van der Waals surface area contributed by atoms with E-state index in [4.69, 9.17) is 33.3 Å². The number of anilines is 1. The number of hydrogen-bond acceptors (Lipinski definition) is 17. The predicted octanol–water partition coefficient (Wildman–Crippen LogP) is 5.38. The molecule has 418 valence electrons. The smallest absolute Gasteiger partial charge is 0.333 e. The molecular weight excluding hydrogens is 1040 g/mol. The molecule has 0 spiro atoms. The summed E-state index contributed by atoms with van der Waals surface area (Å²) in [6.45, 7) is 12.4. The number of allylic oxidation sites excluding steroid dienone is 4. The number of carbonyl (C=O) groups is 1. The Morgan fingerprint density at radius 1 is 0.667 bits per heavy atom. The van der Waals surface area contributed by atoms with Crippen LogP contribution in [0, 0.1) is 0 Å². The largest absolute Gasteiger partial charge is 0.492 e. The Balaban J connectivity index is 1.43. The van der Waals surface area contributed by atoms with Crippen LogP contribution in [0.1, 0.15) is 83.8 Å². The number of aromatic nitrogens is 1. The zero-order chi connectivity index (χ0) is 55.0. The molecule has 0 bridgehead atoms. The van der Waals surface area contributed by atoms with Crippen LogP contribution >= 0.6 is 0 Å². The number of fused-ring (bicyclic) bond motifs is 2. The number of unbranched alkanes of at least 4 members (excludes halogenated alkanes) is 2. The van der Waals surface area contributed by atoms with E-state index in [2.05, 4.69) is 4.58 Å². The molecule has 0 aliphatic carbocycles. The van der Waals surface area contributed by atoms with Gasteiger partial charge in [0.2, 0.25) is 17.4 Å². The zero-order valence-electron chi connectivity index (χ0n) is 43.1. The fraction of sp³-hybridized carbons (Fsp3) is 0.560. The summed E-state index contributed by atoms with van der Waals surface area (Å²) in [7, 11) is -12.0. The van der Waals surface area contributed by atoms with Gasteiger partial charge in [-0.05, 0) is 107 Å². The highest BCUT2D eigenvalue weighted by atomic mass is 32.2. The van der Waals surface area contributed by atoms with Crippen molar-refractivity contribution >= 4 is 53.4 Å². The van der Waals surface area contributed by atoms with Crippen LogP contribution in [0.15, 0.2) is 81.7 Å². The Bertz CT molecular complexity index is 2850. The molecule has 3 heterocycles. The summed E-state index contributed by atoms with van der Waals surface area (Å²) in [4.78, 5) is 19.1. The third-order valence-corrected chi connectivity index (χ3v) is 15.6. The summed E-state index contributed by atoms with van der Waals surface area (Å²) in [5.41, 5.74) is 2.55. The van der Waals surface area contributed by atoms with Gasteiger partial charge in [-0.15, -0.1) is 4.73 Å². The van der Waals surface area contributed by atoms with Gasteiger partial charge in [-0.25, -0.2) is 4.79 Å². The second-order valence-electron chi connectivity index (χ2n) is 18.5. The molecule has 0 saturated carbocycles. The van der Waals surface area contributed by atoms with Gasteiger partial charge in [0.1, 0.15) is 6.54 Å². The number of aromatic hydroxyl groups is 2. The van der Waals surface area contributed by atoms with E-state index < -0.39 is 64.7 Å². The van der Waals surface area contributed by atoms with Crippen LogP contribution in [0.2, 0.25) is 0 Å². The maximum absolute atomic E-state index is 12.7. The highest BCUT2D eigenvalue weighted by Crippen LogP contribution is 2.52. The average Bonchev–Trinajstić information content (AvgIpc) is 3.86. The fourth-order valence-electron chi connectivity index (χ4n) is 9.26. The van der Waals surface area contributed by atoms with Crippen molar-refractivity contribution in [2.75, 3.05) is 104 Å². The Hall–Kier alpha value is -4.77. The summed E-state index contributed by atoms with van der Waals surface area (Å²) in [6, 6.07) is 11.0. The van der Waals surface area contributed by atoms with Crippen LogP contribution in [0.25, 0.3) is 0 Å². The highest BCUT2D eigenvalue weighted by Gasteiger charge is 2.49. The summed E-state index contributed by atoms with van der Waals surface area (Å²) in [5, 5.41) is 19.8.